The Morgan fingerprint density at radius 2 is 1.69 bits per heavy atom. The number of halogens is 2. The molecule has 1 aromatic carbocycles. The van der Waals surface area contributed by atoms with E-state index in [4.69, 9.17) is 0 Å². The van der Waals surface area contributed by atoms with Gasteiger partial charge in [-0.05, 0) is 36.1 Å². The number of hydrogen-bond donors (Lipinski definition) is 0. The predicted octanol–water partition coefficient (Wildman–Crippen LogP) is 3.98. The van der Waals surface area contributed by atoms with Gasteiger partial charge in [-0.25, -0.2) is 8.78 Å². The lowest BCUT2D eigenvalue weighted by Crippen LogP contribution is -1.98. The van der Waals surface area contributed by atoms with Crippen LogP contribution in [0.25, 0.3) is 0 Å². The topological polar surface area (TPSA) is 0 Å². The van der Waals surface area contributed by atoms with E-state index >= 15 is 0 Å². The van der Waals surface area contributed by atoms with E-state index in [1.54, 1.807) is 6.07 Å². The third-order valence-corrected chi connectivity index (χ3v) is 2.10. The lowest BCUT2D eigenvalue weighted by Gasteiger charge is -2.13. The molecule has 0 aliphatic carbocycles. The lowest BCUT2D eigenvalue weighted by atomic mass is 9.95. The summed E-state index contributed by atoms with van der Waals surface area (Å²) < 4.78 is 25.9. The summed E-state index contributed by atoms with van der Waals surface area (Å²) in [6.07, 6.45) is -1.10. The van der Waals surface area contributed by atoms with E-state index in [0.29, 0.717) is 5.56 Å². The van der Waals surface area contributed by atoms with Crippen molar-refractivity contribution in [2.45, 2.75) is 32.9 Å². The third-order valence-electron chi connectivity index (χ3n) is 2.10. The van der Waals surface area contributed by atoms with Crippen LogP contribution in [0.3, 0.4) is 0 Å². The Labute approximate surface area is 77.6 Å². The molecule has 2 heteroatoms. The molecule has 1 rings (SSSR count). The molecule has 0 aliphatic heterocycles. The summed E-state index contributed by atoms with van der Waals surface area (Å²) >= 11 is 0. The number of hydrogen-bond acceptors (Lipinski definition) is 0. The van der Waals surface area contributed by atoms with Crippen molar-refractivity contribution in [2.75, 3.05) is 0 Å². The zero-order chi connectivity index (χ0) is 10.0. The summed E-state index contributed by atoms with van der Waals surface area (Å²) in [7, 11) is 0. The molecule has 0 fully saturated rings. The minimum Gasteiger partial charge on any atom is -0.243 e. The molecule has 72 valence electrons. The second kappa shape index (κ2) is 3.86. The summed E-state index contributed by atoms with van der Waals surface area (Å²) in [5.74, 6) is -0.141. The van der Waals surface area contributed by atoms with E-state index in [9.17, 15) is 8.78 Å². The van der Waals surface area contributed by atoms with Crippen molar-refractivity contribution >= 4 is 0 Å². The first-order valence-corrected chi connectivity index (χ1v) is 4.45. The molecule has 0 aliphatic rings. The zero-order valence-electron chi connectivity index (χ0n) is 8.14. The highest BCUT2D eigenvalue weighted by atomic mass is 19.1. The maximum absolute atomic E-state index is 13.1. The van der Waals surface area contributed by atoms with E-state index in [-0.39, 0.29) is 11.7 Å². The van der Waals surface area contributed by atoms with Gasteiger partial charge in [-0.15, -0.1) is 0 Å². The molecule has 0 bridgehead atoms. The first-order chi connectivity index (χ1) is 6.02. The molecular formula is C11H14F2. The van der Waals surface area contributed by atoms with Crippen molar-refractivity contribution < 1.29 is 8.78 Å². The van der Waals surface area contributed by atoms with Gasteiger partial charge in [0.25, 0.3) is 0 Å². The smallest absolute Gasteiger partial charge is 0.123 e. The number of rotatable bonds is 2. The van der Waals surface area contributed by atoms with Crippen molar-refractivity contribution in [3.63, 3.8) is 0 Å². The molecule has 0 nitrogen and oxygen atoms in total. The second-order valence-electron chi connectivity index (χ2n) is 3.54. The van der Waals surface area contributed by atoms with Crippen molar-refractivity contribution in [1.82, 2.24) is 0 Å². The van der Waals surface area contributed by atoms with Gasteiger partial charge in [0.15, 0.2) is 0 Å². The van der Waals surface area contributed by atoms with Crippen molar-refractivity contribution in [3.8, 4) is 0 Å². The van der Waals surface area contributed by atoms with Gasteiger partial charge in [-0.2, -0.15) is 0 Å². The van der Waals surface area contributed by atoms with Crippen LogP contribution >= 0.6 is 0 Å². The lowest BCUT2D eigenvalue weighted by molar-refractivity contribution is 0.369. The molecule has 1 aromatic rings. The quantitative estimate of drug-likeness (QED) is 0.652. The van der Waals surface area contributed by atoms with Crippen LogP contribution in [0.2, 0.25) is 0 Å². The first kappa shape index (κ1) is 10.2. The molecule has 0 N–H and O–H groups in total. The van der Waals surface area contributed by atoms with Gasteiger partial charge in [0.1, 0.15) is 12.0 Å². The Bertz CT molecular complexity index is 290. The average Bonchev–Trinajstić information content (AvgIpc) is 2.03. The minimum absolute atomic E-state index is 0.230. The van der Waals surface area contributed by atoms with Gasteiger partial charge in [0, 0.05) is 0 Å². The van der Waals surface area contributed by atoms with Gasteiger partial charge in [-0.1, -0.05) is 19.9 Å². The van der Waals surface area contributed by atoms with Gasteiger partial charge < -0.3 is 0 Å². The monoisotopic (exact) mass is 184 g/mol. The number of alkyl halides is 1. The highest BCUT2D eigenvalue weighted by Gasteiger charge is 2.12. The van der Waals surface area contributed by atoms with Crippen molar-refractivity contribution in [3.05, 3.63) is 35.1 Å². The van der Waals surface area contributed by atoms with Crippen LogP contribution in [-0.2, 0) is 0 Å². The first-order valence-electron chi connectivity index (χ1n) is 4.45. The summed E-state index contributed by atoms with van der Waals surface area (Å²) in [5, 5.41) is 0. The molecule has 0 spiro atoms. The van der Waals surface area contributed by atoms with Crippen LogP contribution in [-0.4, -0.2) is 0 Å². The molecule has 0 saturated carbocycles. The van der Waals surface area contributed by atoms with E-state index in [1.165, 1.54) is 19.1 Å². The van der Waals surface area contributed by atoms with Gasteiger partial charge in [0.05, 0.1) is 0 Å². The Kier molecular flexibility index (Phi) is 3.02. The normalized spacial score (nSPS) is 13.4. The van der Waals surface area contributed by atoms with Gasteiger partial charge in [0.2, 0.25) is 0 Å². The Morgan fingerprint density at radius 3 is 2.15 bits per heavy atom. The van der Waals surface area contributed by atoms with Crippen LogP contribution in [0.15, 0.2) is 18.2 Å². The van der Waals surface area contributed by atoms with Crippen LogP contribution < -0.4 is 0 Å². The fraction of sp³-hybridized carbons (Fsp3) is 0.455. The van der Waals surface area contributed by atoms with Gasteiger partial charge in [-0.3, -0.25) is 0 Å². The zero-order valence-corrected chi connectivity index (χ0v) is 8.14. The molecule has 13 heavy (non-hydrogen) atoms. The molecule has 0 saturated heterocycles. The molecule has 0 radical (unpaired) electrons. The minimum atomic E-state index is -1.10. The van der Waals surface area contributed by atoms with E-state index in [1.807, 2.05) is 13.8 Å². The molecule has 0 aromatic heterocycles. The molecular weight excluding hydrogens is 170 g/mol. The SMILES string of the molecule is CC(C)c1ccc(F)cc1C(C)F. The van der Waals surface area contributed by atoms with Crippen LogP contribution in [0.4, 0.5) is 8.78 Å². The highest BCUT2D eigenvalue weighted by molar-refractivity contribution is 5.31. The van der Waals surface area contributed by atoms with E-state index in [0.717, 1.165) is 5.56 Å². The summed E-state index contributed by atoms with van der Waals surface area (Å²) in [6, 6.07) is 4.31. The number of benzene rings is 1. The molecule has 1 unspecified atom stereocenters. The molecule has 0 heterocycles. The fourth-order valence-corrected chi connectivity index (χ4v) is 1.42. The van der Waals surface area contributed by atoms with Crippen molar-refractivity contribution in [1.29, 1.82) is 0 Å². The summed E-state index contributed by atoms with van der Waals surface area (Å²) in [5.41, 5.74) is 1.35. The van der Waals surface area contributed by atoms with Crippen LogP contribution in [0.1, 0.15) is 44.0 Å². The highest BCUT2D eigenvalue weighted by Crippen LogP contribution is 2.27. The summed E-state index contributed by atoms with van der Waals surface area (Å²) in [6.45, 7) is 5.37. The average molecular weight is 184 g/mol. The largest absolute Gasteiger partial charge is 0.243 e. The summed E-state index contributed by atoms with van der Waals surface area (Å²) in [4.78, 5) is 0. The molecule has 1 atom stereocenters. The Balaban J connectivity index is 3.19. The van der Waals surface area contributed by atoms with Gasteiger partial charge >= 0.3 is 0 Å². The molecule has 0 amide bonds. The van der Waals surface area contributed by atoms with Crippen molar-refractivity contribution in [2.24, 2.45) is 0 Å². The maximum Gasteiger partial charge on any atom is 0.123 e. The third kappa shape index (κ3) is 2.27. The van der Waals surface area contributed by atoms with Crippen LogP contribution in [0, 0.1) is 5.82 Å². The standard InChI is InChI=1S/C11H14F2/c1-7(2)10-5-4-9(13)6-11(10)8(3)12/h4-8H,1-3H3. The van der Waals surface area contributed by atoms with Crippen LogP contribution in [0.5, 0.6) is 0 Å². The van der Waals surface area contributed by atoms with E-state index < -0.39 is 6.17 Å². The predicted molar refractivity (Wildman–Crippen MR) is 50.0 cm³/mol. The second-order valence-corrected chi connectivity index (χ2v) is 3.54. The Hall–Kier alpha value is -0.920. The van der Waals surface area contributed by atoms with E-state index in [2.05, 4.69) is 0 Å². The Morgan fingerprint density at radius 1 is 1.08 bits per heavy atom. The fourth-order valence-electron chi connectivity index (χ4n) is 1.42. The maximum atomic E-state index is 13.1.